The Morgan fingerprint density at radius 2 is 1.80 bits per heavy atom. The highest BCUT2D eigenvalue weighted by atomic mass is 35.5. The minimum atomic E-state index is -4.00. The van der Waals surface area contributed by atoms with Gasteiger partial charge in [-0.25, -0.2) is 0 Å². The van der Waals surface area contributed by atoms with Crippen LogP contribution in [0, 0.1) is 6.92 Å². The average molecular weight is 384 g/mol. The number of hydrogen-bond donors (Lipinski definition) is 1. The van der Waals surface area contributed by atoms with Crippen molar-refractivity contribution in [1.29, 1.82) is 0 Å². The van der Waals surface area contributed by atoms with Crippen molar-refractivity contribution in [2.75, 3.05) is 6.61 Å². The highest BCUT2D eigenvalue weighted by Crippen LogP contribution is 2.15. The largest absolute Gasteiger partial charge is 0.393 e. The van der Waals surface area contributed by atoms with Crippen molar-refractivity contribution < 1.29 is 22.5 Å². The molecule has 1 atom stereocenters. The van der Waals surface area contributed by atoms with Crippen LogP contribution in [-0.2, 0) is 25.7 Å². The fourth-order valence-corrected chi connectivity index (χ4v) is 2.97. The topological polar surface area (TPSA) is 85.2 Å². The molecule has 0 bridgehead atoms. The van der Waals surface area contributed by atoms with E-state index in [9.17, 15) is 13.5 Å². The maximum atomic E-state index is 12.2. The van der Waals surface area contributed by atoms with Crippen LogP contribution in [0.1, 0.15) is 11.1 Å². The van der Waals surface area contributed by atoms with E-state index in [1.54, 1.807) is 36.4 Å². The number of nitrogens with zero attached hydrogens (tertiary/aromatic N) is 1. The maximum Gasteiger partial charge on any atom is 0.297 e. The number of aryl methyl sites for hydroxylation is 1. The molecule has 0 amide bonds. The van der Waals surface area contributed by atoms with Crippen LogP contribution in [0.2, 0.25) is 5.02 Å². The molecular weight excluding hydrogens is 366 g/mol. The van der Waals surface area contributed by atoms with Crippen molar-refractivity contribution in [3.8, 4) is 0 Å². The second kappa shape index (κ2) is 8.96. The van der Waals surface area contributed by atoms with Crippen LogP contribution in [0.5, 0.6) is 0 Å². The van der Waals surface area contributed by atoms with Gasteiger partial charge < -0.3 is 9.94 Å². The normalized spacial score (nSPS) is 13.1. The highest BCUT2D eigenvalue weighted by Gasteiger charge is 2.20. The summed E-state index contributed by atoms with van der Waals surface area (Å²) in [6, 6.07) is 13.2. The molecule has 2 aromatic rings. The van der Waals surface area contributed by atoms with Crippen LogP contribution >= 0.6 is 11.6 Å². The van der Waals surface area contributed by atoms with Crippen LogP contribution < -0.4 is 0 Å². The van der Waals surface area contributed by atoms with Crippen molar-refractivity contribution in [3.05, 3.63) is 64.7 Å². The molecule has 25 heavy (non-hydrogen) atoms. The molecule has 0 aliphatic rings. The molecular formula is C17H18ClNO5S. The minimum absolute atomic E-state index is 0.00651. The van der Waals surface area contributed by atoms with E-state index < -0.39 is 22.8 Å². The molecule has 0 unspecified atom stereocenters. The summed E-state index contributed by atoms with van der Waals surface area (Å²) in [7, 11) is -4.00. The molecule has 2 rings (SSSR count). The number of aliphatic hydroxyl groups is 1. The standard InChI is InChI=1S/C17H18ClNO5S/c1-13-2-8-17(9-3-13)25(21,22)24-16(11-20)10-19-23-12-14-4-6-15(18)7-5-14/h2-10,16,20H,11-12H2,1H3/b19-10+/t16-/m1/s1. The van der Waals surface area contributed by atoms with Gasteiger partial charge in [-0.05, 0) is 36.8 Å². The minimum Gasteiger partial charge on any atom is -0.393 e. The second-order valence-electron chi connectivity index (χ2n) is 5.24. The van der Waals surface area contributed by atoms with Gasteiger partial charge in [0.2, 0.25) is 0 Å². The fraction of sp³-hybridized carbons (Fsp3) is 0.235. The fourth-order valence-electron chi connectivity index (χ4n) is 1.83. The Bertz CT molecular complexity index is 804. The molecule has 0 aromatic heterocycles. The van der Waals surface area contributed by atoms with Crippen molar-refractivity contribution in [3.63, 3.8) is 0 Å². The Morgan fingerprint density at radius 1 is 1.16 bits per heavy atom. The zero-order valence-electron chi connectivity index (χ0n) is 13.5. The van der Waals surface area contributed by atoms with Crippen molar-refractivity contribution in [2.45, 2.75) is 24.5 Å². The van der Waals surface area contributed by atoms with E-state index in [2.05, 4.69) is 5.16 Å². The van der Waals surface area contributed by atoms with Gasteiger partial charge in [-0.3, -0.25) is 4.18 Å². The SMILES string of the molecule is Cc1ccc(S(=O)(=O)O[C@H](/C=N/OCc2ccc(Cl)cc2)CO)cc1. The Balaban J connectivity index is 1.92. The molecule has 134 valence electrons. The van der Waals surface area contributed by atoms with E-state index in [4.69, 9.17) is 20.6 Å². The maximum absolute atomic E-state index is 12.2. The lowest BCUT2D eigenvalue weighted by atomic mass is 10.2. The molecule has 6 nitrogen and oxygen atoms in total. The van der Waals surface area contributed by atoms with Gasteiger partial charge in [0.15, 0.2) is 0 Å². The molecule has 0 spiro atoms. The molecule has 0 aliphatic heterocycles. The average Bonchev–Trinajstić information content (AvgIpc) is 2.59. The quantitative estimate of drug-likeness (QED) is 0.430. The molecule has 2 aromatic carbocycles. The van der Waals surface area contributed by atoms with Crippen molar-refractivity contribution in [2.24, 2.45) is 5.16 Å². The monoisotopic (exact) mass is 383 g/mol. The Kier molecular flexibility index (Phi) is 6.95. The lowest BCUT2D eigenvalue weighted by molar-refractivity contribution is 0.122. The molecule has 0 heterocycles. The third-order valence-corrected chi connectivity index (χ3v) is 4.79. The summed E-state index contributed by atoms with van der Waals surface area (Å²) >= 11 is 5.78. The summed E-state index contributed by atoms with van der Waals surface area (Å²) in [6.07, 6.45) is -0.0432. The number of oxime groups is 1. The van der Waals surface area contributed by atoms with Crippen molar-refractivity contribution in [1.82, 2.24) is 0 Å². The van der Waals surface area contributed by atoms with Gasteiger partial charge in [0.1, 0.15) is 12.7 Å². The number of hydrogen-bond acceptors (Lipinski definition) is 6. The van der Waals surface area contributed by atoms with Crippen LogP contribution in [0.4, 0.5) is 0 Å². The summed E-state index contributed by atoms with van der Waals surface area (Å²) in [5.41, 5.74) is 1.77. The van der Waals surface area contributed by atoms with E-state index >= 15 is 0 Å². The first-order valence-electron chi connectivity index (χ1n) is 7.41. The van der Waals surface area contributed by atoms with Crippen LogP contribution in [0.15, 0.2) is 58.6 Å². The number of aliphatic hydroxyl groups excluding tert-OH is 1. The van der Waals surface area contributed by atoms with Gasteiger partial charge in [-0.15, -0.1) is 0 Å². The lowest BCUT2D eigenvalue weighted by Gasteiger charge is -2.11. The number of halogens is 1. The Labute approximate surface area is 151 Å². The van der Waals surface area contributed by atoms with E-state index in [0.717, 1.165) is 17.3 Å². The first-order chi connectivity index (χ1) is 11.9. The molecule has 0 fully saturated rings. The van der Waals surface area contributed by atoms with Gasteiger partial charge in [0, 0.05) is 5.02 Å². The molecule has 0 radical (unpaired) electrons. The smallest absolute Gasteiger partial charge is 0.297 e. The molecule has 8 heteroatoms. The van der Waals surface area contributed by atoms with Crippen LogP contribution in [0.3, 0.4) is 0 Å². The summed E-state index contributed by atoms with van der Waals surface area (Å²) in [4.78, 5) is 5.07. The summed E-state index contributed by atoms with van der Waals surface area (Å²) in [5.74, 6) is 0. The summed E-state index contributed by atoms with van der Waals surface area (Å²) in [6.45, 7) is 1.47. The third-order valence-electron chi connectivity index (χ3n) is 3.19. The molecule has 0 saturated heterocycles. The van der Waals surface area contributed by atoms with E-state index in [0.29, 0.717) is 5.02 Å². The van der Waals surface area contributed by atoms with Gasteiger partial charge in [-0.2, -0.15) is 8.42 Å². The number of rotatable bonds is 8. The first kappa shape index (κ1) is 19.4. The predicted molar refractivity (Wildman–Crippen MR) is 95.1 cm³/mol. The zero-order valence-corrected chi connectivity index (χ0v) is 15.1. The second-order valence-corrected chi connectivity index (χ2v) is 7.25. The van der Waals surface area contributed by atoms with Crippen molar-refractivity contribution >= 4 is 27.9 Å². The van der Waals surface area contributed by atoms with Gasteiger partial charge in [0.25, 0.3) is 10.1 Å². The highest BCUT2D eigenvalue weighted by molar-refractivity contribution is 7.86. The predicted octanol–water partition coefficient (Wildman–Crippen LogP) is 2.92. The van der Waals surface area contributed by atoms with E-state index in [1.165, 1.54) is 12.1 Å². The summed E-state index contributed by atoms with van der Waals surface area (Å²) in [5, 5.41) is 13.5. The Hall–Kier alpha value is -1.93. The van der Waals surface area contributed by atoms with Crippen LogP contribution in [0.25, 0.3) is 0 Å². The molecule has 0 saturated carbocycles. The molecule has 1 N–H and O–H groups in total. The van der Waals surface area contributed by atoms with Gasteiger partial charge >= 0.3 is 0 Å². The number of benzene rings is 2. The summed E-state index contributed by atoms with van der Waals surface area (Å²) < 4.78 is 29.3. The van der Waals surface area contributed by atoms with E-state index in [-0.39, 0.29) is 11.5 Å². The van der Waals surface area contributed by atoms with Gasteiger partial charge in [-0.1, -0.05) is 46.6 Å². The van der Waals surface area contributed by atoms with E-state index in [1.807, 2.05) is 6.92 Å². The zero-order chi connectivity index (χ0) is 18.3. The molecule has 0 aliphatic carbocycles. The lowest BCUT2D eigenvalue weighted by Crippen LogP contribution is -2.23. The first-order valence-corrected chi connectivity index (χ1v) is 9.20. The van der Waals surface area contributed by atoms with Crippen LogP contribution in [-0.4, -0.2) is 32.4 Å². The third kappa shape index (κ3) is 6.13. The van der Waals surface area contributed by atoms with Gasteiger partial charge in [0.05, 0.1) is 17.7 Å². The Morgan fingerprint density at radius 3 is 2.40 bits per heavy atom.